The van der Waals surface area contributed by atoms with Crippen molar-refractivity contribution in [2.75, 3.05) is 5.73 Å². The molecule has 1 aromatic rings. The minimum absolute atomic E-state index is 0.000849. The Labute approximate surface area is 88.8 Å². The maximum Gasteiger partial charge on any atom is 0.573 e. The second-order valence-electron chi connectivity index (χ2n) is 2.70. The number of benzene rings is 1. The van der Waals surface area contributed by atoms with Crippen molar-refractivity contribution < 1.29 is 17.9 Å². The lowest BCUT2D eigenvalue weighted by molar-refractivity contribution is -0.274. The quantitative estimate of drug-likeness (QED) is 0.780. The lowest BCUT2D eigenvalue weighted by Crippen LogP contribution is -2.17. The normalized spacial score (nSPS) is 11.5. The minimum Gasteiger partial charge on any atom is -0.404 e. The number of alkyl halides is 3. The molecule has 0 saturated carbocycles. The van der Waals surface area contributed by atoms with Crippen LogP contribution in [0.1, 0.15) is 5.56 Å². The van der Waals surface area contributed by atoms with Gasteiger partial charge in [0.25, 0.3) is 0 Å². The van der Waals surface area contributed by atoms with Crippen LogP contribution in [0.3, 0.4) is 0 Å². The van der Waals surface area contributed by atoms with Gasteiger partial charge in [0.05, 0.1) is 5.69 Å². The molecule has 0 fully saturated rings. The summed E-state index contributed by atoms with van der Waals surface area (Å²) in [5.41, 5.74) is 11.2. The number of nitrogens with two attached hydrogens (primary N) is 2. The third kappa shape index (κ3) is 2.90. The van der Waals surface area contributed by atoms with Crippen molar-refractivity contribution in [1.29, 1.82) is 0 Å². The minimum atomic E-state index is -4.79. The highest BCUT2D eigenvalue weighted by Gasteiger charge is 2.32. The van der Waals surface area contributed by atoms with Crippen LogP contribution < -0.4 is 16.2 Å². The zero-order valence-corrected chi connectivity index (χ0v) is 8.19. The molecule has 0 amide bonds. The zero-order valence-electron chi connectivity index (χ0n) is 7.44. The summed E-state index contributed by atoms with van der Waals surface area (Å²) in [4.78, 5) is 0. The molecule has 0 aliphatic carbocycles. The predicted octanol–water partition coefficient (Wildman–Crippen LogP) is 2.28. The van der Waals surface area contributed by atoms with Crippen LogP contribution in [0.5, 0.6) is 5.75 Å². The number of hydrogen-bond donors (Lipinski definition) is 2. The largest absolute Gasteiger partial charge is 0.573 e. The van der Waals surface area contributed by atoms with Gasteiger partial charge in [-0.3, -0.25) is 0 Å². The second-order valence-corrected chi connectivity index (χ2v) is 3.08. The first kappa shape index (κ1) is 11.9. The van der Waals surface area contributed by atoms with E-state index in [0.29, 0.717) is 5.56 Å². The van der Waals surface area contributed by atoms with Gasteiger partial charge < -0.3 is 16.2 Å². The fourth-order valence-corrected chi connectivity index (χ4v) is 1.22. The number of nitrogen functional groups attached to an aromatic ring is 1. The van der Waals surface area contributed by atoms with Gasteiger partial charge >= 0.3 is 6.36 Å². The van der Waals surface area contributed by atoms with Crippen LogP contribution in [-0.4, -0.2) is 6.36 Å². The Hall–Kier alpha value is -1.14. The molecule has 0 heterocycles. The molecule has 0 atom stereocenters. The highest BCUT2D eigenvalue weighted by atomic mass is 35.5. The Morgan fingerprint density at radius 3 is 2.40 bits per heavy atom. The monoisotopic (exact) mass is 240 g/mol. The maximum absolute atomic E-state index is 11.9. The highest BCUT2D eigenvalue weighted by Crippen LogP contribution is 2.35. The summed E-state index contributed by atoms with van der Waals surface area (Å²) in [6.07, 6.45) is -4.79. The van der Waals surface area contributed by atoms with Gasteiger partial charge in [-0.25, -0.2) is 0 Å². The van der Waals surface area contributed by atoms with Crippen molar-refractivity contribution in [3.8, 4) is 5.75 Å². The second kappa shape index (κ2) is 4.16. The van der Waals surface area contributed by atoms with Gasteiger partial charge in [0.15, 0.2) is 0 Å². The Morgan fingerprint density at radius 2 is 1.93 bits per heavy atom. The summed E-state index contributed by atoms with van der Waals surface area (Å²) in [7, 11) is 0. The first-order chi connectivity index (χ1) is 6.85. The van der Waals surface area contributed by atoms with Gasteiger partial charge in [-0.15, -0.1) is 13.2 Å². The van der Waals surface area contributed by atoms with Gasteiger partial charge in [0, 0.05) is 6.54 Å². The van der Waals surface area contributed by atoms with Gasteiger partial charge in [-0.2, -0.15) is 0 Å². The topological polar surface area (TPSA) is 61.3 Å². The molecule has 1 aromatic carbocycles. The molecule has 0 bridgehead atoms. The van der Waals surface area contributed by atoms with Crippen molar-refractivity contribution in [3.05, 3.63) is 22.7 Å². The smallest absolute Gasteiger partial charge is 0.404 e. The van der Waals surface area contributed by atoms with Gasteiger partial charge in [0.2, 0.25) is 0 Å². The maximum atomic E-state index is 11.9. The molecular formula is C8H8ClF3N2O. The number of anilines is 1. The lowest BCUT2D eigenvalue weighted by Gasteiger charge is -2.13. The average Bonchev–Trinajstić information content (AvgIpc) is 2.11. The zero-order chi connectivity index (χ0) is 11.6. The molecule has 0 aromatic heterocycles. The van der Waals surface area contributed by atoms with Crippen LogP contribution in [0.2, 0.25) is 5.02 Å². The third-order valence-corrected chi connectivity index (χ3v) is 2.07. The van der Waals surface area contributed by atoms with Crippen LogP contribution in [0.4, 0.5) is 18.9 Å². The molecule has 84 valence electrons. The molecule has 0 saturated heterocycles. The van der Waals surface area contributed by atoms with E-state index in [1.165, 1.54) is 6.07 Å². The summed E-state index contributed by atoms with van der Waals surface area (Å²) in [6, 6.07) is 2.41. The summed E-state index contributed by atoms with van der Waals surface area (Å²) < 4.78 is 39.3. The third-order valence-electron chi connectivity index (χ3n) is 1.68. The Morgan fingerprint density at radius 1 is 1.33 bits per heavy atom. The number of hydrogen-bond acceptors (Lipinski definition) is 3. The fraction of sp³-hybridized carbons (Fsp3) is 0.250. The van der Waals surface area contributed by atoms with Crippen molar-refractivity contribution in [1.82, 2.24) is 0 Å². The van der Waals surface area contributed by atoms with Gasteiger partial charge in [0.1, 0.15) is 10.8 Å². The number of halogens is 4. The van der Waals surface area contributed by atoms with Gasteiger partial charge in [-0.1, -0.05) is 17.7 Å². The Balaban J connectivity index is 3.07. The Kier molecular flexibility index (Phi) is 3.31. The van der Waals surface area contributed by atoms with E-state index in [4.69, 9.17) is 23.1 Å². The van der Waals surface area contributed by atoms with E-state index in [2.05, 4.69) is 4.74 Å². The summed E-state index contributed by atoms with van der Waals surface area (Å²) in [5.74, 6) is -0.529. The van der Waals surface area contributed by atoms with Crippen LogP contribution >= 0.6 is 11.6 Å². The molecular weight excluding hydrogens is 233 g/mol. The van der Waals surface area contributed by atoms with E-state index < -0.39 is 12.1 Å². The fourth-order valence-electron chi connectivity index (χ4n) is 0.994. The van der Waals surface area contributed by atoms with E-state index in [-0.39, 0.29) is 17.3 Å². The van der Waals surface area contributed by atoms with Crippen LogP contribution in [0, 0.1) is 0 Å². The lowest BCUT2D eigenvalue weighted by atomic mass is 10.2. The van der Waals surface area contributed by atoms with E-state index in [9.17, 15) is 13.2 Å². The summed E-state index contributed by atoms with van der Waals surface area (Å²) >= 11 is 5.58. The molecule has 3 nitrogen and oxygen atoms in total. The standard InChI is InChI=1S/C8H8ClF3N2O/c9-6-5(15-8(10,11)12)2-1-4(3-13)7(6)14/h1-2H,3,13-14H2. The average molecular weight is 241 g/mol. The van der Waals surface area contributed by atoms with E-state index >= 15 is 0 Å². The van der Waals surface area contributed by atoms with Crippen LogP contribution in [0.15, 0.2) is 12.1 Å². The van der Waals surface area contributed by atoms with Crippen LogP contribution in [-0.2, 0) is 6.54 Å². The first-order valence-corrected chi connectivity index (χ1v) is 4.25. The predicted molar refractivity (Wildman–Crippen MR) is 50.4 cm³/mol. The van der Waals surface area contributed by atoms with Crippen molar-refractivity contribution in [2.45, 2.75) is 12.9 Å². The highest BCUT2D eigenvalue weighted by molar-refractivity contribution is 6.34. The molecule has 0 aliphatic heterocycles. The molecule has 15 heavy (non-hydrogen) atoms. The molecule has 0 unspecified atom stereocenters. The Bertz CT molecular complexity index is 368. The molecule has 0 aliphatic rings. The van der Waals surface area contributed by atoms with Crippen molar-refractivity contribution >= 4 is 17.3 Å². The molecule has 0 radical (unpaired) electrons. The SMILES string of the molecule is NCc1ccc(OC(F)(F)F)c(Cl)c1N. The molecule has 1 rings (SSSR count). The molecule has 7 heteroatoms. The number of rotatable bonds is 2. The van der Waals surface area contributed by atoms with E-state index in [0.717, 1.165) is 6.07 Å². The van der Waals surface area contributed by atoms with Crippen molar-refractivity contribution in [3.63, 3.8) is 0 Å². The molecule has 0 spiro atoms. The number of ether oxygens (including phenoxy) is 1. The summed E-state index contributed by atoms with van der Waals surface area (Å²) in [5, 5.41) is -0.282. The van der Waals surface area contributed by atoms with E-state index in [1.807, 2.05) is 0 Å². The first-order valence-electron chi connectivity index (χ1n) is 3.88. The van der Waals surface area contributed by atoms with Crippen LogP contribution in [0.25, 0.3) is 0 Å². The van der Waals surface area contributed by atoms with Gasteiger partial charge in [-0.05, 0) is 11.6 Å². The summed E-state index contributed by atoms with van der Waals surface area (Å²) in [6.45, 7) is 0.0951. The van der Waals surface area contributed by atoms with E-state index in [1.54, 1.807) is 0 Å². The molecule has 4 N–H and O–H groups in total. The van der Waals surface area contributed by atoms with Crippen molar-refractivity contribution in [2.24, 2.45) is 5.73 Å².